The summed E-state index contributed by atoms with van der Waals surface area (Å²) in [6.07, 6.45) is 0. The highest BCUT2D eigenvalue weighted by Crippen LogP contribution is 2.42. The maximum Gasteiger partial charge on any atom is 0.308 e. The van der Waals surface area contributed by atoms with Crippen molar-refractivity contribution in [3.8, 4) is 22.6 Å². The molecular weight excluding hydrogens is 324 g/mol. The maximum absolute atomic E-state index is 11.1. The van der Waals surface area contributed by atoms with Crippen LogP contribution in [0.1, 0.15) is 12.5 Å². The number of hydrogen-bond donors (Lipinski definition) is 1. The number of rotatable bonds is 2. The van der Waals surface area contributed by atoms with Crippen LogP contribution in [0.5, 0.6) is 11.5 Å². The average Bonchev–Trinajstić information content (AvgIpc) is 2.63. The first-order valence-electron chi connectivity index (χ1n) is 8.47. The molecule has 3 heteroatoms. The smallest absolute Gasteiger partial charge is 0.308 e. The zero-order valence-electron chi connectivity index (χ0n) is 14.6. The molecule has 0 saturated carbocycles. The second-order valence-electron chi connectivity index (χ2n) is 6.44. The van der Waals surface area contributed by atoms with Crippen LogP contribution in [0.25, 0.3) is 32.7 Å². The lowest BCUT2D eigenvalue weighted by Gasteiger charge is -2.15. The van der Waals surface area contributed by atoms with Gasteiger partial charge in [0.2, 0.25) is 0 Å². The van der Waals surface area contributed by atoms with E-state index in [9.17, 15) is 9.90 Å². The number of hydrogen-bond acceptors (Lipinski definition) is 3. The molecule has 0 aliphatic heterocycles. The van der Waals surface area contributed by atoms with Gasteiger partial charge < -0.3 is 9.84 Å². The van der Waals surface area contributed by atoms with E-state index in [1.54, 1.807) is 12.1 Å². The molecule has 0 fully saturated rings. The fourth-order valence-corrected chi connectivity index (χ4v) is 3.44. The van der Waals surface area contributed by atoms with Crippen molar-refractivity contribution in [2.45, 2.75) is 13.8 Å². The minimum absolute atomic E-state index is 0.305. The molecule has 0 amide bonds. The summed E-state index contributed by atoms with van der Waals surface area (Å²) < 4.78 is 5.14. The molecule has 0 unspecified atom stereocenters. The van der Waals surface area contributed by atoms with Crippen molar-refractivity contribution in [1.82, 2.24) is 0 Å². The van der Waals surface area contributed by atoms with Gasteiger partial charge in [-0.1, -0.05) is 54.1 Å². The summed E-state index contributed by atoms with van der Waals surface area (Å²) in [4.78, 5) is 11.1. The van der Waals surface area contributed by atoms with Gasteiger partial charge >= 0.3 is 5.97 Å². The third-order valence-electron chi connectivity index (χ3n) is 4.56. The summed E-state index contributed by atoms with van der Waals surface area (Å²) in [7, 11) is 0. The molecule has 26 heavy (non-hydrogen) atoms. The molecule has 0 spiro atoms. The second kappa shape index (κ2) is 6.19. The number of aryl methyl sites for hydroxylation is 1. The molecule has 4 aromatic carbocycles. The van der Waals surface area contributed by atoms with Crippen LogP contribution in [-0.4, -0.2) is 11.1 Å². The number of phenolic OH excluding ortho intramolecular Hbond substituents is 1. The van der Waals surface area contributed by atoms with E-state index in [4.69, 9.17) is 4.74 Å². The van der Waals surface area contributed by atoms with Crippen molar-refractivity contribution in [2.75, 3.05) is 0 Å². The van der Waals surface area contributed by atoms with E-state index in [1.807, 2.05) is 61.5 Å². The number of carbonyl (C=O) groups excluding carboxylic acids is 1. The number of esters is 1. The van der Waals surface area contributed by atoms with Crippen LogP contribution in [0.15, 0.2) is 66.7 Å². The Labute approximate surface area is 151 Å². The standard InChI is InChI=1S/C23H18O3/c1-14-7-12-19-21(13-14)23(25)20-6-4-3-5-18(20)22(19)16-8-10-17(11-9-16)26-15(2)24/h3-13,25H,1-2H3. The van der Waals surface area contributed by atoms with E-state index < -0.39 is 0 Å². The third-order valence-corrected chi connectivity index (χ3v) is 4.56. The Balaban J connectivity index is 2.03. The van der Waals surface area contributed by atoms with Crippen molar-refractivity contribution in [3.63, 3.8) is 0 Å². The third kappa shape index (κ3) is 2.68. The highest BCUT2D eigenvalue weighted by Gasteiger charge is 2.15. The van der Waals surface area contributed by atoms with E-state index in [-0.39, 0.29) is 5.97 Å². The van der Waals surface area contributed by atoms with E-state index in [0.717, 1.165) is 38.2 Å². The van der Waals surface area contributed by atoms with Crippen LogP contribution in [0.2, 0.25) is 0 Å². The summed E-state index contributed by atoms with van der Waals surface area (Å²) in [6, 6.07) is 21.4. The van der Waals surface area contributed by atoms with Crippen molar-refractivity contribution >= 4 is 27.5 Å². The maximum atomic E-state index is 11.1. The number of aromatic hydroxyl groups is 1. The Morgan fingerprint density at radius 3 is 2.19 bits per heavy atom. The Bertz CT molecular complexity index is 1140. The minimum Gasteiger partial charge on any atom is -0.507 e. The zero-order chi connectivity index (χ0) is 18.3. The van der Waals surface area contributed by atoms with Gasteiger partial charge in [-0.05, 0) is 47.0 Å². The normalized spacial score (nSPS) is 11.0. The van der Waals surface area contributed by atoms with Crippen LogP contribution >= 0.6 is 0 Å². The van der Waals surface area contributed by atoms with Gasteiger partial charge in [0.1, 0.15) is 11.5 Å². The molecule has 0 aliphatic carbocycles. The van der Waals surface area contributed by atoms with Gasteiger partial charge in [0.15, 0.2) is 0 Å². The molecule has 1 N–H and O–H groups in total. The lowest BCUT2D eigenvalue weighted by Crippen LogP contribution is -2.00. The summed E-state index contributed by atoms with van der Waals surface area (Å²) >= 11 is 0. The molecule has 0 aromatic heterocycles. The van der Waals surface area contributed by atoms with Gasteiger partial charge in [-0.15, -0.1) is 0 Å². The Morgan fingerprint density at radius 2 is 1.50 bits per heavy atom. The lowest BCUT2D eigenvalue weighted by atomic mass is 9.90. The molecule has 0 atom stereocenters. The Kier molecular flexibility index (Phi) is 3.85. The quantitative estimate of drug-likeness (QED) is 0.293. The zero-order valence-corrected chi connectivity index (χ0v) is 14.6. The van der Waals surface area contributed by atoms with Crippen molar-refractivity contribution in [1.29, 1.82) is 0 Å². The minimum atomic E-state index is -0.339. The summed E-state index contributed by atoms with van der Waals surface area (Å²) in [6.45, 7) is 3.40. The largest absolute Gasteiger partial charge is 0.507 e. The monoisotopic (exact) mass is 342 g/mol. The first-order chi connectivity index (χ1) is 12.5. The first-order valence-corrected chi connectivity index (χ1v) is 8.47. The Morgan fingerprint density at radius 1 is 0.846 bits per heavy atom. The molecule has 0 bridgehead atoms. The van der Waals surface area contributed by atoms with Gasteiger partial charge in [0.05, 0.1) is 0 Å². The SMILES string of the molecule is CC(=O)Oc1ccc(-c2c3ccccc3c(O)c3cc(C)ccc23)cc1. The molecule has 4 rings (SSSR count). The van der Waals surface area contributed by atoms with Crippen LogP contribution in [0.3, 0.4) is 0 Å². The van der Waals surface area contributed by atoms with Crippen molar-refractivity contribution in [3.05, 3.63) is 72.3 Å². The highest BCUT2D eigenvalue weighted by atomic mass is 16.5. The summed E-state index contributed by atoms with van der Waals surface area (Å²) in [5, 5.41) is 14.4. The fourth-order valence-electron chi connectivity index (χ4n) is 3.44. The van der Waals surface area contributed by atoms with Crippen molar-refractivity contribution < 1.29 is 14.6 Å². The van der Waals surface area contributed by atoms with E-state index in [1.165, 1.54) is 6.92 Å². The second-order valence-corrected chi connectivity index (χ2v) is 6.44. The lowest BCUT2D eigenvalue weighted by molar-refractivity contribution is -0.131. The van der Waals surface area contributed by atoms with Gasteiger partial charge in [0.25, 0.3) is 0 Å². The van der Waals surface area contributed by atoms with Crippen LogP contribution in [0, 0.1) is 6.92 Å². The first kappa shape index (κ1) is 16.2. The summed E-state index contributed by atoms with van der Waals surface area (Å²) in [5.74, 6) is 0.484. The Hall–Kier alpha value is -3.33. The fraction of sp³-hybridized carbons (Fsp3) is 0.0870. The van der Waals surface area contributed by atoms with Gasteiger partial charge in [-0.2, -0.15) is 0 Å². The molecule has 0 aliphatic rings. The van der Waals surface area contributed by atoms with Crippen LogP contribution < -0.4 is 4.74 Å². The molecular formula is C23H18O3. The number of benzene rings is 4. The number of ether oxygens (including phenoxy) is 1. The number of fused-ring (bicyclic) bond motifs is 2. The van der Waals surface area contributed by atoms with Crippen molar-refractivity contribution in [2.24, 2.45) is 0 Å². The van der Waals surface area contributed by atoms with Gasteiger partial charge in [0, 0.05) is 17.7 Å². The van der Waals surface area contributed by atoms with Crippen LogP contribution in [-0.2, 0) is 4.79 Å². The van der Waals surface area contributed by atoms with Gasteiger partial charge in [-0.3, -0.25) is 4.79 Å². The highest BCUT2D eigenvalue weighted by molar-refractivity contribution is 6.16. The van der Waals surface area contributed by atoms with E-state index in [2.05, 4.69) is 0 Å². The number of phenols is 1. The molecule has 0 radical (unpaired) electrons. The predicted molar refractivity (Wildman–Crippen MR) is 105 cm³/mol. The molecule has 4 aromatic rings. The number of carbonyl (C=O) groups is 1. The molecule has 128 valence electrons. The average molecular weight is 342 g/mol. The van der Waals surface area contributed by atoms with E-state index in [0.29, 0.717) is 11.5 Å². The van der Waals surface area contributed by atoms with E-state index >= 15 is 0 Å². The van der Waals surface area contributed by atoms with Crippen LogP contribution in [0.4, 0.5) is 0 Å². The predicted octanol–water partition coefficient (Wildman–Crippen LogP) is 5.60. The molecule has 3 nitrogen and oxygen atoms in total. The summed E-state index contributed by atoms with van der Waals surface area (Å²) in [5.41, 5.74) is 3.16. The van der Waals surface area contributed by atoms with Gasteiger partial charge in [-0.25, -0.2) is 0 Å². The molecule has 0 heterocycles. The topological polar surface area (TPSA) is 46.5 Å². The molecule has 0 saturated heterocycles.